The predicted octanol–water partition coefficient (Wildman–Crippen LogP) is 5.56. The van der Waals surface area contributed by atoms with E-state index in [0.29, 0.717) is 17.7 Å². The van der Waals surface area contributed by atoms with E-state index in [1.807, 2.05) is 0 Å². The number of hydrogen-bond donors (Lipinski definition) is 0. The van der Waals surface area contributed by atoms with Crippen molar-refractivity contribution in [2.45, 2.75) is 50.9 Å². The maximum absolute atomic E-state index is 13.2. The van der Waals surface area contributed by atoms with Crippen LogP contribution in [0.4, 0.5) is 17.6 Å². The molecule has 1 amide bonds. The van der Waals surface area contributed by atoms with Crippen LogP contribution < -0.4 is 0 Å². The van der Waals surface area contributed by atoms with Crippen LogP contribution in [0.3, 0.4) is 0 Å². The highest BCUT2D eigenvalue weighted by Gasteiger charge is 2.33. The van der Waals surface area contributed by atoms with Gasteiger partial charge in [-0.05, 0) is 48.2 Å². The standard InChI is InChI=1S/C24H24F4N2O2/c25-20-11-7-17(8-12-20)22-13-21(32-29-22)15-30(23(31)18-3-1-2-4-18)14-16-5-9-19(10-6-16)24(26,27)28/h5-12,18,21H,1-4,13-15H2. The minimum absolute atomic E-state index is 0.00114. The number of hydrogen-bond acceptors (Lipinski definition) is 3. The van der Waals surface area contributed by atoms with Crippen LogP contribution in [0.5, 0.6) is 0 Å². The second-order valence-electron chi connectivity index (χ2n) is 8.37. The van der Waals surface area contributed by atoms with E-state index in [1.54, 1.807) is 17.0 Å². The fourth-order valence-corrected chi connectivity index (χ4v) is 4.27. The van der Waals surface area contributed by atoms with Crippen LogP contribution in [0, 0.1) is 11.7 Å². The average molecular weight is 448 g/mol. The molecule has 1 heterocycles. The van der Waals surface area contributed by atoms with E-state index in [2.05, 4.69) is 5.16 Å². The topological polar surface area (TPSA) is 41.9 Å². The molecule has 1 aliphatic carbocycles. The molecule has 8 heteroatoms. The summed E-state index contributed by atoms with van der Waals surface area (Å²) in [4.78, 5) is 20.4. The van der Waals surface area contributed by atoms with Crippen molar-refractivity contribution in [2.24, 2.45) is 11.1 Å². The largest absolute Gasteiger partial charge is 0.416 e. The molecule has 32 heavy (non-hydrogen) atoms. The highest BCUT2D eigenvalue weighted by molar-refractivity contribution is 6.01. The molecule has 1 aliphatic heterocycles. The highest BCUT2D eigenvalue weighted by atomic mass is 19.4. The Labute approximate surface area is 183 Å². The lowest BCUT2D eigenvalue weighted by molar-refractivity contribution is -0.138. The molecule has 0 aromatic heterocycles. The summed E-state index contributed by atoms with van der Waals surface area (Å²) in [6, 6.07) is 10.9. The van der Waals surface area contributed by atoms with E-state index in [1.165, 1.54) is 24.3 Å². The Bertz CT molecular complexity index is 965. The Morgan fingerprint density at radius 1 is 1.03 bits per heavy atom. The van der Waals surface area contributed by atoms with Crippen LogP contribution >= 0.6 is 0 Å². The lowest BCUT2D eigenvalue weighted by Crippen LogP contribution is -2.40. The van der Waals surface area contributed by atoms with Crippen LogP contribution in [0.15, 0.2) is 53.7 Å². The van der Waals surface area contributed by atoms with Crippen molar-refractivity contribution in [3.05, 3.63) is 71.0 Å². The van der Waals surface area contributed by atoms with Gasteiger partial charge in [-0.15, -0.1) is 0 Å². The number of halogens is 4. The van der Waals surface area contributed by atoms with Gasteiger partial charge < -0.3 is 9.74 Å². The first-order valence-electron chi connectivity index (χ1n) is 10.7. The smallest absolute Gasteiger partial charge is 0.390 e. The molecule has 1 atom stereocenters. The Balaban J connectivity index is 1.45. The van der Waals surface area contributed by atoms with Gasteiger partial charge in [0.2, 0.25) is 5.91 Å². The minimum atomic E-state index is -4.40. The Hall–Kier alpha value is -2.90. The van der Waals surface area contributed by atoms with Crippen LogP contribution in [-0.2, 0) is 22.4 Å². The van der Waals surface area contributed by atoms with Crippen LogP contribution in [0.2, 0.25) is 0 Å². The molecule has 1 saturated carbocycles. The fourth-order valence-electron chi connectivity index (χ4n) is 4.27. The maximum atomic E-state index is 13.2. The summed E-state index contributed by atoms with van der Waals surface area (Å²) in [5.41, 5.74) is 1.34. The molecule has 0 saturated heterocycles. The second-order valence-corrected chi connectivity index (χ2v) is 8.37. The summed E-state index contributed by atoms with van der Waals surface area (Å²) in [6.07, 6.45) is -0.646. The van der Waals surface area contributed by atoms with Crippen LogP contribution in [-0.4, -0.2) is 29.2 Å². The van der Waals surface area contributed by atoms with Gasteiger partial charge in [0, 0.05) is 18.9 Å². The molecule has 0 radical (unpaired) electrons. The first-order chi connectivity index (χ1) is 15.3. The number of benzene rings is 2. The first-order valence-corrected chi connectivity index (χ1v) is 10.7. The molecule has 4 nitrogen and oxygen atoms in total. The Kier molecular flexibility index (Phi) is 6.48. The third-order valence-corrected chi connectivity index (χ3v) is 6.01. The number of carbonyl (C=O) groups excluding carboxylic acids is 1. The third kappa shape index (κ3) is 5.29. The molecule has 0 spiro atoms. The van der Waals surface area contributed by atoms with Crippen molar-refractivity contribution in [2.75, 3.05) is 6.54 Å². The fraction of sp³-hybridized carbons (Fsp3) is 0.417. The number of rotatable bonds is 6. The molecule has 4 rings (SSSR count). The van der Waals surface area contributed by atoms with Crippen LogP contribution in [0.25, 0.3) is 0 Å². The molecule has 1 unspecified atom stereocenters. The van der Waals surface area contributed by atoms with Gasteiger partial charge in [-0.25, -0.2) is 4.39 Å². The number of nitrogens with zero attached hydrogens (tertiary/aromatic N) is 2. The van der Waals surface area contributed by atoms with Gasteiger partial charge >= 0.3 is 6.18 Å². The van der Waals surface area contributed by atoms with E-state index in [9.17, 15) is 22.4 Å². The number of alkyl halides is 3. The monoisotopic (exact) mass is 448 g/mol. The average Bonchev–Trinajstić information content (AvgIpc) is 3.46. The lowest BCUT2D eigenvalue weighted by Gasteiger charge is -2.27. The van der Waals surface area contributed by atoms with Gasteiger partial charge in [-0.1, -0.05) is 42.3 Å². The number of carbonyl (C=O) groups is 1. The number of oxime groups is 1. The molecule has 2 aliphatic rings. The number of amides is 1. The summed E-state index contributed by atoms with van der Waals surface area (Å²) >= 11 is 0. The lowest BCUT2D eigenvalue weighted by atomic mass is 10.0. The SMILES string of the molecule is O=C(C1CCCC1)N(Cc1ccc(C(F)(F)F)cc1)CC1CC(c2ccc(F)cc2)=NO1. The molecule has 1 fully saturated rings. The van der Waals surface area contributed by atoms with E-state index < -0.39 is 11.7 Å². The molecular weight excluding hydrogens is 424 g/mol. The van der Waals surface area contributed by atoms with Crippen LogP contribution in [0.1, 0.15) is 48.8 Å². The van der Waals surface area contributed by atoms with Crippen molar-refractivity contribution in [3.8, 4) is 0 Å². The molecular formula is C24H24F4N2O2. The minimum Gasteiger partial charge on any atom is -0.390 e. The normalized spacial score (nSPS) is 19.0. The third-order valence-electron chi connectivity index (χ3n) is 6.01. The maximum Gasteiger partial charge on any atom is 0.416 e. The molecule has 2 aromatic carbocycles. The summed E-state index contributed by atoms with van der Waals surface area (Å²) in [7, 11) is 0. The predicted molar refractivity (Wildman–Crippen MR) is 111 cm³/mol. The van der Waals surface area contributed by atoms with Gasteiger partial charge in [0.15, 0.2) is 6.10 Å². The molecule has 2 aromatic rings. The van der Waals surface area contributed by atoms with Gasteiger partial charge in [-0.3, -0.25) is 4.79 Å². The van der Waals surface area contributed by atoms with E-state index in [0.717, 1.165) is 43.4 Å². The van der Waals surface area contributed by atoms with Gasteiger partial charge in [-0.2, -0.15) is 13.2 Å². The summed E-state index contributed by atoms with van der Waals surface area (Å²) in [5.74, 6) is -0.403. The summed E-state index contributed by atoms with van der Waals surface area (Å²) < 4.78 is 51.8. The molecule has 0 bridgehead atoms. The van der Waals surface area contributed by atoms with Gasteiger partial charge in [0.25, 0.3) is 0 Å². The molecule has 170 valence electrons. The Morgan fingerprint density at radius 3 is 2.31 bits per heavy atom. The highest BCUT2D eigenvalue weighted by Crippen LogP contribution is 2.31. The second kappa shape index (κ2) is 9.30. The van der Waals surface area contributed by atoms with Crippen molar-refractivity contribution in [1.82, 2.24) is 4.90 Å². The van der Waals surface area contributed by atoms with Gasteiger partial charge in [0.1, 0.15) is 5.82 Å². The van der Waals surface area contributed by atoms with Gasteiger partial charge in [0.05, 0.1) is 17.8 Å². The van der Waals surface area contributed by atoms with E-state index in [-0.39, 0.29) is 36.8 Å². The van der Waals surface area contributed by atoms with Crippen molar-refractivity contribution < 1.29 is 27.2 Å². The summed E-state index contributed by atoms with van der Waals surface area (Å²) in [6.45, 7) is 0.490. The van der Waals surface area contributed by atoms with Crippen molar-refractivity contribution in [1.29, 1.82) is 0 Å². The quantitative estimate of drug-likeness (QED) is 0.544. The van der Waals surface area contributed by atoms with Crippen molar-refractivity contribution in [3.63, 3.8) is 0 Å². The Morgan fingerprint density at radius 2 is 1.69 bits per heavy atom. The van der Waals surface area contributed by atoms with E-state index >= 15 is 0 Å². The molecule has 0 N–H and O–H groups in total. The van der Waals surface area contributed by atoms with E-state index in [4.69, 9.17) is 4.84 Å². The zero-order valence-electron chi connectivity index (χ0n) is 17.4. The first kappa shape index (κ1) is 22.3. The van der Waals surface area contributed by atoms with Crippen molar-refractivity contribution >= 4 is 11.6 Å². The zero-order chi connectivity index (χ0) is 22.7. The summed E-state index contributed by atoms with van der Waals surface area (Å²) in [5, 5.41) is 4.10. The zero-order valence-corrected chi connectivity index (χ0v) is 17.4.